The van der Waals surface area contributed by atoms with E-state index in [-0.39, 0.29) is 38.9 Å². The number of carbonyl (C=O) groups excluding carboxylic acids is 2. The Morgan fingerprint density at radius 1 is 0.960 bits per heavy atom. The largest absolute Gasteiger partial charge is 0.425 e. The van der Waals surface area contributed by atoms with Crippen molar-refractivity contribution in [3.05, 3.63) is 55.7 Å². The number of hydrogen-bond acceptors (Lipinski definition) is 4. The number of carbonyl (C=O) groups is 2. The van der Waals surface area contributed by atoms with E-state index in [4.69, 9.17) is 44.3 Å². The maximum absolute atomic E-state index is 13.0. The molecule has 0 saturated heterocycles. The zero-order valence-electron chi connectivity index (χ0n) is 12.3. The normalized spacial score (nSPS) is 10.4. The molecule has 4 nitrogen and oxygen atoms in total. The molecule has 9 heteroatoms. The van der Waals surface area contributed by atoms with E-state index in [1.807, 2.05) is 0 Å². The summed E-state index contributed by atoms with van der Waals surface area (Å²) in [6.45, 7) is 0. The van der Waals surface area contributed by atoms with Gasteiger partial charge in [-0.25, -0.2) is 4.39 Å². The van der Waals surface area contributed by atoms with Crippen LogP contribution in [0.2, 0.25) is 15.1 Å². The third kappa shape index (κ3) is 5.85. The average Bonchev–Trinajstić information content (AvgIpc) is 2.51. The average molecular weight is 471 g/mol. The highest BCUT2D eigenvalue weighted by molar-refractivity contribution is 9.10. The van der Waals surface area contributed by atoms with Crippen LogP contribution >= 0.6 is 50.7 Å². The highest BCUT2D eigenvalue weighted by atomic mass is 79.9. The Labute approximate surface area is 165 Å². The van der Waals surface area contributed by atoms with Gasteiger partial charge in [-0.2, -0.15) is 0 Å². The summed E-state index contributed by atoms with van der Waals surface area (Å²) in [6.07, 6.45) is -0.502. The van der Waals surface area contributed by atoms with E-state index < -0.39 is 17.8 Å². The Kier molecular flexibility index (Phi) is 7.07. The molecule has 0 radical (unpaired) electrons. The summed E-state index contributed by atoms with van der Waals surface area (Å²) in [4.78, 5) is 23.6. The van der Waals surface area contributed by atoms with Crippen molar-refractivity contribution in [2.24, 2.45) is 0 Å². The molecule has 25 heavy (non-hydrogen) atoms. The van der Waals surface area contributed by atoms with Crippen molar-refractivity contribution in [1.29, 1.82) is 0 Å². The van der Waals surface area contributed by atoms with Crippen molar-refractivity contribution in [3.63, 3.8) is 0 Å². The monoisotopic (exact) mass is 468 g/mol. The summed E-state index contributed by atoms with van der Waals surface area (Å²) >= 11 is 20.6. The van der Waals surface area contributed by atoms with E-state index in [1.54, 1.807) is 0 Å². The first-order chi connectivity index (χ1) is 11.8. The predicted octanol–water partition coefficient (Wildman–Crippen LogP) is 5.84. The van der Waals surface area contributed by atoms with Crippen LogP contribution in [-0.2, 0) is 9.59 Å². The molecule has 2 aromatic rings. The van der Waals surface area contributed by atoms with Crippen LogP contribution in [0.15, 0.2) is 34.8 Å². The molecular formula is C16H9BrCl3FO4. The number of halogens is 5. The van der Waals surface area contributed by atoms with Crippen molar-refractivity contribution in [3.8, 4) is 11.5 Å². The Bertz CT molecular complexity index is 806. The van der Waals surface area contributed by atoms with Gasteiger partial charge in [0, 0.05) is 5.02 Å². The summed E-state index contributed by atoms with van der Waals surface area (Å²) in [6, 6.07) is 6.34. The van der Waals surface area contributed by atoms with Crippen LogP contribution in [-0.4, -0.2) is 11.9 Å². The topological polar surface area (TPSA) is 52.6 Å². The standard InChI is InChI=1S/C16H9BrCl3FO4/c17-10-7-9(21)1-2-13(10)24-14(22)3-4-15(23)25-16-11(19)5-8(18)6-12(16)20/h1-2,5-7H,3-4H2. The van der Waals surface area contributed by atoms with Gasteiger partial charge < -0.3 is 9.47 Å². The van der Waals surface area contributed by atoms with Crippen LogP contribution in [0.25, 0.3) is 0 Å². The number of esters is 2. The summed E-state index contributed by atoms with van der Waals surface area (Å²) in [5, 5.41) is 0.440. The molecule has 0 atom stereocenters. The van der Waals surface area contributed by atoms with Gasteiger partial charge in [0.05, 0.1) is 27.4 Å². The van der Waals surface area contributed by atoms with E-state index in [2.05, 4.69) is 15.9 Å². The molecular weight excluding hydrogens is 461 g/mol. The van der Waals surface area contributed by atoms with Crippen molar-refractivity contribution < 1.29 is 23.5 Å². The minimum absolute atomic E-state index is 0.0348. The van der Waals surface area contributed by atoms with Crippen LogP contribution in [0.4, 0.5) is 4.39 Å². The summed E-state index contributed by atoms with van der Waals surface area (Å²) in [5.41, 5.74) is 0. The zero-order chi connectivity index (χ0) is 18.6. The van der Waals surface area contributed by atoms with Gasteiger partial charge in [0.1, 0.15) is 11.6 Å². The maximum atomic E-state index is 13.0. The fourth-order valence-corrected chi connectivity index (χ4v) is 3.05. The Morgan fingerprint density at radius 3 is 2.08 bits per heavy atom. The lowest BCUT2D eigenvalue weighted by Crippen LogP contribution is -2.14. The predicted molar refractivity (Wildman–Crippen MR) is 96.1 cm³/mol. The van der Waals surface area contributed by atoms with E-state index in [1.165, 1.54) is 18.2 Å². The smallest absolute Gasteiger partial charge is 0.311 e. The van der Waals surface area contributed by atoms with Gasteiger partial charge in [-0.05, 0) is 46.3 Å². The lowest BCUT2D eigenvalue weighted by molar-refractivity contribution is -0.140. The van der Waals surface area contributed by atoms with E-state index in [0.29, 0.717) is 5.02 Å². The minimum atomic E-state index is -0.721. The van der Waals surface area contributed by atoms with Crippen molar-refractivity contribution >= 4 is 62.7 Å². The molecule has 2 aromatic carbocycles. The van der Waals surface area contributed by atoms with E-state index in [9.17, 15) is 14.0 Å². The van der Waals surface area contributed by atoms with Gasteiger partial charge in [0.15, 0.2) is 5.75 Å². The first-order valence-electron chi connectivity index (χ1n) is 6.77. The number of benzene rings is 2. The van der Waals surface area contributed by atoms with Crippen LogP contribution < -0.4 is 9.47 Å². The van der Waals surface area contributed by atoms with Gasteiger partial charge in [-0.15, -0.1) is 0 Å². The molecule has 0 fully saturated rings. The van der Waals surface area contributed by atoms with Gasteiger partial charge in [0.25, 0.3) is 0 Å². The number of hydrogen-bond donors (Lipinski definition) is 0. The second-order valence-corrected chi connectivity index (χ2v) is 6.83. The molecule has 2 rings (SSSR count). The highest BCUT2D eigenvalue weighted by Gasteiger charge is 2.16. The maximum Gasteiger partial charge on any atom is 0.311 e. The molecule has 0 unspecified atom stereocenters. The van der Waals surface area contributed by atoms with Gasteiger partial charge in [-0.3, -0.25) is 9.59 Å². The second-order valence-electron chi connectivity index (χ2n) is 4.72. The Balaban J connectivity index is 1.90. The second kappa shape index (κ2) is 8.85. The third-order valence-electron chi connectivity index (χ3n) is 2.83. The summed E-state index contributed by atoms with van der Waals surface area (Å²) in [5.74, 6) is -1.78. The Morgan fingerprint density at radius 2 is 1.52 bits per heavy atom. The summed E-state index contributed by atoms with van der Waals surface area (Å²) in [7, 11) is 0. The van der Waals surface area contributed by atoms with Gasteiger partial charge in [0.2, 0.25) is 0 Å². The number of ether oxygens (including phenoxy) is 2. The molecule has 0 spiro atoms. The molecule has 0 aliphatic carbocycles. The summed E-state index contributed by atoms with van der Waals surface area (Å²) < 4.78 is 23.3. The molecule has 0 saturated carbocycles. The van der Waals surface area contributed by atoms with Crippen LogP contribution in [0, 0.1) is 5.82 Å². The van der Waals surface area contributed by atoms with E-state index >= 15 is 0 Å². The van der Waals surface area contributed by atoms with Gasteiger partial charge >= 0.3 is 11.9 Å². The molecule has 0 heterocycles. The lowest BCUT2D eigenvalue weighted by Gasteiger charge is -2.09. The zero-order valence-corrected chi connectivity index (χ0v) is 16.2. The van der Waals surface area contributed by atoms with Crippen molar-refractivity contribution in [2.45, 2.75) is 12.8 Å². The number of rotatable bonds is 5. The lowest BCUT2D eigenvalue weighted by atomic mass is 10.3. The SMILES string of the molecule is O=C(CCC(=O)Oc1c(Cl)cc(Cl)cc1Cl)Oc1ccc(F)cc1Br. The van der Waals surface area contributed by atoms with E-state index in [0.717, 1.165) is 12.1 Å². The fraction of sp³-hybridized carbons (Fsp3) is 0.125. The van der Waals surface area contributed by atoms with Gasteiger partial charge in [-0.1, -0.05) is 34.8 Å². The fourth-order valence-electron chi connectivity index (χ4n) is 1.73. The molecule has 0 amide bonds. The van der Waals surface area contributed by atoms with Crippen LogP contribution in [0.1, 0.15) is 12.8 Å². The molecule has 0 bridgehead atoms. The molecule has 132 valence electrons. The highest BCUT2D eigenvalue weighted by Crippen LogP contribution is 2.36. The third-order valence-corrected chi connectivity index (χ3v) is 4.23. The quantitative estimate of drug-likeness (QED) is 0.407. The molecule has 0 aromatic heterocycles. The van der Waals surface area contributed by atoms with Crippen LogP contribution in [0.5, 0.6) is 11.5 Å². The first kappa shape index (κ1) is 20.0. The van der Waals surface area contributed by atoms with Crippen molar-refractivity contribution in [1.82, 2.24) is 0 Å². The van der Waals surface area contributed by atoms with Crippen molar-refractivity contribution in [2.75, 3.05) is 0 Å². The molecule has 0 N–H and O–H groups in total. The first-order valence-corrected chi connectivity index (χ1v) is 8.70. The molecule has 0 aliphatic heterocycles. The Hall–Kier alpha value is -1.34. The minimum Gasteiger partial charge on any atom is -0.425 e. The molecule has 0 aliphatic rings. The van der Waals surface area contributed by atoms with Crippen LogP contribution in [0.3, 0.4) is 0 Å².